The first kappa shape index (κ1) is 23.2. The quantitative estimate of drug-likeness (QED) is 0.669. The van der Waals surface area contributed by atoms with Crippen LogP contribution in [0.25, 0.3) is 0 Å². The van der Waals surface area contributed by atoms with Gasteiger partial charge in [-0.3, -0.25) is 4.79 Å². The first-order chi connectivity index (χ1) is 11.9. The monoisotopic (exact) mass is 421 g/mol. The van der Waals surface area contributed by atoms with Crippen LogP contribution >= 0.6 is 24.2 Å². The maximum absolute atomic E-state index is 12.6. The number of carbonyl (C=O) groups excluding carboxylic acids is 1. The average Bonchev–Trinajstić information content (AvgIpc) is 2.65. The second kappa shape index (κ2) is 11.1. The van der Waals surface area contributed by atoms with Gasteiger partial charge in [0.2, 0.25) is 15.9 Å². The standard InChI is InChI=1S/C17H27N3O3S2.ClH/c1-24-12-9-16(18)17(21)19-13-14-5-7-15(8-6-14)25(22,23)20-10-3-2-4-11-20;/h5-8,16H,2-4,9-13,18H2,1H3,(H,19,21);1H. The molecule has 3 N–H and O–H groups in total. The van der Waals surface area contributed by atoms with Crippen molar-refractivity contribution in [3.8, 4) is 0 Å². The van der Waals surface area contributed by atoms with E-state index in [0.29, 0.717) is 31.0 Å². The zero-order valence-electron chi connectivity index (χ0n) is 15.0. The van der Waals surface area contributed by atoms with Crippen molar-refractivity contribution < 1.29 is 13.2 Å². The number of halogens is 1. The van der Waals surface area contributed by atoms with Crippen LogP contribution in [0.5, 0.6) is 0 Å². The summed E-state index contributed by atoms with van der Waals surface area (Å²) in [4.78, 5) is 12.2. The molecule has 0 spiro atoms. The van der Waals surface area contributed by atoms with E-state index in [1.54, 1.807) is 40.3 Å². The number of hydrogen-bond donors (Lipinski definition) is 2. The summed E-state index contributed by atoms with van der Waals surface area (Å²) in [6, 6.07) is 6.19. The smallest absolute Gasteiger partial charge is 0.243 e. The van der Waals surface area contributed by atoms with Crippen LogP contribution in [0, 0.1) is 0 Å². The number of benzene rings is 1. The van der Waals surface area contributed by atoms with Crippen molar-refractivity contribution in [3.63, 3.8) is 0 Å². The van der Waals surface area contributed by atoms with E-state index >= 15 is 0 Å². The number of piperidine rings is 1. The number of rotatable bonds is 8. The first-order valence-corrected chi connectivity index (χ1v) is 11.4. The number of sulfonamides is 1. The summed E-state index contributed by atoms with van der Waals surface area (Å²) in [6.07, 6.45) is 5.54. The van der Waals surface area contributed by atoms with Crippen LogP contribution in [0.15, 0.2) is 29.2 Å². The minimum Gasteiger partial charge on any atom is -0.351 e. The Bertz CT molecular complexity index is 662. The third-order valence-electron chi connectivity index (χ3n) is 4.31. The molecule has 1 atom stereocenters. The van der Waals surface area contributed by atoms with Gasteiger partial charge in [0, 0.05) is 19.6 Å². The lowest BCUT2D eigenvalue weighted by Crippen LogP contribution is -2.40. The zero-order chi connectivity index (χ0) is 18.3. The summed E-state index contributed by atoms with van der Waals surface area (Å²) in [6.45, 7) is 1.53. The predicted molar refractivity (Wildman–Crippen MR) is 109 cm³/mol. The molecule has 0 radical (unpaired) electrons. The lowest BCUT2D eigenvalue weighted by molar-refractivity contribution is -0.122. The molecule has 1 aliphatic rings. The molecule has 0 aliphatic carbocycles. The van der Waals surface area contributed by atoms with Crippen molar-refractivity contribution in [1.29, 1.82) is 0 Å². The maximum atomic E-state index is 12.6. The Hall–Kier alpha value is -0.800. The Labute approximate surface area is 166 Å². The molecule has 1 aromatic rings. The summed E-state index contributed by atoms with van der Waals surface area (Å²) < 4.78 is 26.7. The van der Waals surface area contributed by atoms with Gasteiger partial charge in [0.25, 0.3) is 0 Å². The van der Waals surface area contributed by atoms with Gasteiger partial charge in [-0.2, -0.15) is 16.1 Å². The Kier molecular flexibility index (Phi) is 9.95. The molecule has 1 amide bonds. The van der Waals surface area contributed by atoms with Crippen LogP contribution in [-0.4, -0.2) is 49.8 Å². The fourth-order valence-electron chi connectivity index (χ4n) is 2.73. The summed E-state index contributed by atoms with van der Waals surface area (Å²) in [5.41, 5.74) is 6.67. The molecule has 6 nitrogen and oxygen atoms in total. The third-order valence-corrected chi connectivity index (χ3v) is 6.87. The Balaban J connectivity index is 0.00000338. The van der Waals surface area contributed by atoms with Crippen LogP contribution < -0.4 is 11.1 Å². The fraction of sp³-hybridized carbons (Fsp3) is 0.588. The van der Waals surface area contributed by atoms with Crippen LogP contribution in [0.4, 0.5) is 0 Å². The van der Waals surface area contributed by atoms with Gasteiger partial charge in [0.1, 0.15) is 0 Å². The topological polar surface area (TPSA) is 92.5 Å². The Morgan fingerprint density at radius 1 is 1.23 bits per heavy atom. The molecule has 1 fully saturated rings. The van der Waals surface area contributed by atoms with E-state index in [0.717, 1.165) is 30.6 Å². The molecule has 1 aromatic carbocycles. The number of amides is 1. The summed E-state index contributed by atoms with van der Waals surface area (Å²) in [7, 11) is -3.41. The molecule has 0 bridgehead atoms. The normalized spacial score (nSPS) is 16.5. The lowest BCUT2D eigenvalue weighted by Gasteiger charge is -2.25. The van der Waals surface area contributed by atoms with E-state index in [1.165, 1.54) is 0 Å². The summed E-state index contributed by atoms with van der Waals surface area (Å²) >= 11 is 1.66. The van der Waals surface area contributed by atoms with Crippen LogP contribution in [0.1, 0.15) is 31.2 Å². The van der Waals surface area contributed by atoms with Gasteiger partial charge >= 0.3 is 0 Å². The molecule has 148 valence electrons. The highest BCUT2D eigenvalue weighted by atomic mass is 35.5. The van der Waals surface area contributed by atoms with Gasteiger partial charge in [-0.25, -0.2) is 8.42 Å². The van der Waals surface area contributed by atoms with E-state index in [1.807, 2.05) is 6.26 Å². The predicted octanol–water partition coefficient (Wildman–Crippen LogP) is 1.98. The van der Waals surface area contributed by atoms with Gasteiger partial charge in [-0.05, 0) is 49.0 Å². The molecule has 0 saturated carbocycles. The Morgan fingerprint density at radius 3 is 2.42 bits per heavy atom. The average molecular weight is 422 g/mol. The van der Waals surface area contributed by atoms with Gasteiger partial charge in [0.05, 0.1) is 10.9 Å². The highest BCUT2D eigenvalue weighted by molar-refractivity contribution is 7.98. The molecule has 1 unspecified atom stereocenters. The zero-order valence-corrected chi connectivity index (χ0v) is 17.5. The maximum Gasteiger partial charge on any atom is 0.243 e. The van der Waals surface area contributed by atoms with E-state index in [-0.39, 0.29) is 18.3 Å². The molecule has 1 heterocycles. The van der Waals surface area contributed by atoms with Crippen molar-refractivity contribution >= 4 is 40.1 Å². The van der Waals surface area contributed by atoms with Gasteiger partial charge in [0.15, 0.2) is 0 Å². The van der Waals surface area contributed by atoms with E-state index in [9.17, 15) is 13.2 Å². The van der Waals surface area contributed by atoms with Crippen molar-refractivity contribution in [2.24, 2.45) is 5.73 Å². The highest BCUT2D eigenvalue weighted by Crippen LogP contribution is 2.20. The minimum absolute atomic E-state index is 0. The van der Waals surface area contributed by atoms with Crippen molar-refractivity contribution in [3.05, 3.63) is 29.8 Å². The van der Waals surface area contributed by atoms with Crippen molar-refractivity contribution in [2.45, 2.75) is 43.2 Å². The number of carbonyl (C=O) groups is 1. The number of thioether (sulfide) groups is 1. The van der Waals surface area contributed by atoms with Crippen LogP contribution in [-0.2, 0) is 21.4 Å². The van der Waals surface area contributed by atoms with E-state index < -0.39 is 16.1 Å². The molecule has 2 rings (SSSR count). The van der Waals surface area contributed by atoms with Crippen molar-refractivity contribution in [2.75, 3.05) is 25.1 Å². The molecule has 9 heteroatoms. The number of hydrogen-bond acceptors (Lipinski definition) is 5. The fourth-order valence-corrected chi connectivity index (χ4v) is 4.74. The largest absolute Gasteiger partial charge is 0.351 e. The van der Waals surface area contributed by atoms with Crippen LogP contribution in [0.2, 0.25) is 0 Å². The number of nitrogens with zero attached hydrogens (tertiary/aromatic N) is 1. The minimum atomic E-state index is -3.41. The molecule has 0 aromatic heterocycles. The lowest BCUT2D eigenvalue weighted by atomic mass is 10.2. The first-order valence-electron chi connectivity index (χ1n) is 8.56. The number of nitrogens with two attached hydrogens (primary N) is 1. The van der Waals surface area contributed by atoms with E-state index in [2.05, 4.69) is 5.32 Å². The van der Waals surface area contributed by atoms with Gasteiger partial charge in [-0.15, -0.1) is 12.4 Å². The SMILES string of the molecule is CSCCC(N)C(=O)NCc1ccc(S(=O)(=O)N2CCCCC2)cc1.Cl. The van der Waals surface area contributed by atoms with Crippen molar-refractivity contribution in [1.82, 2.24) is 9.62 Å². The Morgan fingerprint density at radius 2 is 1.85 bits per heavy atom. The summed E-state index contributed by atoms with van der Waals surface area (Å²) in [5, 5.41) is 2.80. The molecule has 26 heavy (non-hydrogen) atoms. The molecular weight excluding hydrogens is 394 g/mol. The molecule has 1 saturated heterocycles. The third kappa shape index (κ3) is 6.42. The second-order valence-corrected chi connectivity index (χ2v) is 9.14. The molecule has 1 aliphatic heterocycles. The summed E-state index contributed by atoms with van der Waals surface area (Å²) in [5.74, 6) is 0.663. The van der Waals surface area contributed by atoms with Gasteiger partial charge < -0.3 is 11.1 Å². The van der Waals surface area contributed by atoms with Crippen LogP contribution in [0.3, 0.4) is 0 Å². The second-order valence-electron chi connectivity index (χ2n) is 6.21. The highest BCUT2D eigenvalue weighted by Gasteiger charge is 2.25. The van der Waals surface area contributed by atoms with Gasteiger partial charge in [-0.1, -0.05) is 18.6 Å². The molecular formula is C17H28ClN3O3S2. The van der Waals surface area contributed by atoms with E-state index in [4.69, 9.17) is 5.73 Å². The number of nitrogens with one attached hydrogen (secondary N) is 1.